The van der Waals surface area contributed by atoms with Crippen LogP contribution in [0.25, 0.3) is 0 Å². The SMILES string of the molecule is Nc1cc(C(=O)N2CCCSCC2)ccc1F. The predicted octanol–water partition coefficient (Wildman–Crippen LogP) is 1.99. The van der Waals surface area contributed by atoms with Crippen molar-refractivity contribution in [3.8, 4) is 0 Å². The second kappa shape index (κ2) is 5.40. The number of carbonyl (C=O) groups is 1. The first-order valence-corrected chi connectivity index (χ1v) is 6.76. The van der Waals surface area contributed by atoms with Gasteiger partial charge >= 0.3 is 0 Å². The van der Waals surface area contributed by atoms with Gasteiger partial charge in [0, 0.05) is 24.4 Å². The molecule has 0 spiro atoms. The molecule has 2 N–H and O–H groups in total. The van der Waals surface area contributed by atoms with E-state index in [0.29, 0.717) is 5.56 Å². The molecule has 17 heavy (non-hydrogen) atoms. The van der Waals surface area contributed by atoms with Gasteiger partial charge in [-0.15, -0.1) is 0 Å². The third kappa shape index (κ3) is 2.91. The van der Waals surface area contributed by atoms with E-state index in [1.165, 1.54) is 18.2 Å². The lowest BCUT2D eigenvalue weighted by Crippen LogP contribution is -2.32. The maximum atomic E-state index is 13.0. The number of hydrogen-bond acceptors (Lipinski definition) is 3. The van der Waals surface area contributed by atoms with Crippen molar-refractivity contribution in [3.05, 3.63) is 29.6 Å². The van der Waals surface area contributed by atoms with Gasteiger partial charge in [-0.1, -0.05) is 0 Å². The molecule has 1 fully saturated rings. The molecule has 0 atom stereocenters. The number of nitrogen functional groups attached to an aromatic ring is 1. The van der Waals surface area contributed by atoms with Crippen LogP contribution in [0, 0.1) is 5.82 Å². The van der Waals surface area contributed by atoms with Crippen molar-refractivity contribution in [3.63, 3.8) is 0 Å². The van der Waals surface area contributed by atoms with E-state index in [4.69, 9.17) is 5.73 Å². The summed E-state index contributed by atoms with van der Waals surface area (Å²) in [5.41, 5.74) is 5.97. The summed E-state index contributed by atoms with van der Waals surface area (Å²) in [4.78, 5) is 14.0. The average molecular weight is 254 g/mol. The molecule has 2 rings (SSSR count). The Morgan fingerprint density at radius 2 is 2.18 bits per heavy atom. The van der Waals surface area contributed by atoms with E-state index in [-0.39, 0.29) is 11.6 Å². The molecule has 0 radical (unpaired) electrons. The number of nitrogens with zero attached hydrogens (tertiary/aromatic N) is 1. The number of hydrogen-bond donors (Lipinski definition) is 1. The minimum absolute atomic E-state index is 0.0278. The third-order valence-corrected chi connectivity index (χ3v) is 3.80. The highest BCUT2D eigenvalue weighted by atomic mass is 32.2. The summed E-state index contributed by atoms with van der Waals surface area (Å²) >= 11 is 1.86. The van der Waals surface area contributed by atoms with Gasteiger partial charge in [0.25, 0.3) is 5.91 Å². The minimum Gasteiger partial charge on any atom is -0.396 e. The van der Waals surface area contributed by atoms with Crippen molar-refractivity contribution in [2.24, 2.45) is 0 Å². The predicted molar refractivity (Wildman–Crippen MR) is 68.7 cm³/mol. The van der Waals surface area contributed by atoms with E-state index in [2.05, 4.69) is 0 Å². The Morgan fingerprint density at radius 1 is 1.35 bits per heavy atom. The number of rotatable bonds is 1. The van der Waals surface area contributed by atoms with E-state index < -0.39 is 5.82 Å². The first kappa shape index (κ1) is 12.2. The van der Waals surface area contributed by atoms with Crippen molar-refractivity contribution >= 4 is 23.4 Å². The number of carbonyl (C=O) groups excluding carboxylic acids is 1. The smallest absolute Gasteiger partial charge is 0.253 e. The van der Waals surface area contributed by atoms with Crippen LogP contribution < -0.4 is 5.73 Å². The van der Waals surface area contributed by atoms with Crippen LogP contribution in [0.5, 0.6) is 0 Å². The Morgan fingerprint density at radius 3 is 2.94 bits per heavy atom. The Kier molecular flexibility index (Phi) is 3.89. The first-order valence-electron chi connectivity index (χ1n) is 5.60. The van der Waals surface area contributed by atoms with Crippen molar-refractivity contribution in [2.75, 3.05) is 30.3 Å². The first-order chi connectivity index (χ1) is 8.18. The molecule has 0 saturated carbocycles. The molecule has 3 nitrogen and oxygen atoms in total. The molecule has 0 unspecified atom stereocenters. The van der Waals surface area contributed by atoms with Crippen molar-refractivity contribution in [1.82, 2.24) is 4.90 Å². The van der Waals surface area contributed by atoms with Crippen LogP contribution in [0.3, 0.4) is 0 Å². The molecule has 0 aromatic heterocycles. The normalized spacial score (nSPS) is 16.6. The Bertz CT molecular complexity index is 417. The van der Waals surface area contributed by atoms with Gasteiger partial charge < -0.3 is 10.6 Å². The quantitative estimate of drug-likeness (QED) is 0.780. The zero-order chi connectivity index (χ0) is 12.3. The topological polar surface area (TPSA) is 46.3 Å². The van der Waals surface area contributed by atoms with Gasteiger partial charge in [-0.2, -0.15) is 11.8 Å². The number of amides is 1. The summed E-state index contributed by atoms with van der Waals surface area (Å²) in [5.74, 6) is 1.52. The van der Waals surface area contributed by atoms with Gasteiger partial charge in [0.05, 0.1) is 5.69 Å². The number of halogens is 1. The molecule has 0 aliphatic carbocycles. The zero-order valence-corrected chi connectivity index (χ0v) is 10.3. The van der Waals surface area contributed by atoms with Gasteiger partial charge in [0.2, 0.25) is 0 Å². The van der Waals surface area contributed by atoms with Crippen LogP contribution in [0.15, 0.2) is 18.2 Å². The second-order valence-corrected chi connectivity index (χ2v) is 5.22. The highest BCUT2D eigenvalue weighted by Crippen LogP contribution is 2.16. The summed E-state index contributed by atoms with van der Waals surface area (Å²) < 4.78 is 13.0. The number of anilines is 1. The zero-order valence-electron chi connectivity index (χ0n) is 9.49. The Labute approximate surface area is 104 Å². The fraction of sp³-hybridized carbons (Fsp3) is 0.417. The molecule has 0 bridgehead atoms. The maximum Gasteiger partial charge on any atom is 0.253 e. The molecule has 5 heteroatoms. The van der Waals surface area contributed by atoms with Crippen LogP contribution >= 0.6 is 11.8 Å². The van der Waals surface area contributed by atoms with E-state index in [0.717, 1.165) is 31.0 Å². The van der Waals surface area contributed by atoms with Gasteiger partial charge in [-0.05, 0) is 30.4 Å². The average Bonchev–Trinajstić information content (AvgIpc) is 2.60. The number of thioether (sulfide) groups is 1. The monoisotopic (exact) mass is 254 g/mol. The summed E-state index contributed by atoms with van der Waals surface area (Å²) in [7, 11) is 0. The van der Waals surface area contributed by atoms with E-state index in [1.54, 1.807) is 0 Å². The third-order valence-electron chi connectivity index (χ3n) is 2.75. The fourth-order valence-corrected chi connectivity index (χ4v) is 2.70. The van der Waals surface area contributed by atoms with Gasteiger partial charge in [-0.3, -0.25) is 4.79 Å². The van der Waals surface area contributed by atoms with E-state index in [1.807, 2.05) is 16.7 Å². The summed E-state index contributed by atoms with van der Waals surface area (Å²) in [5, 5.41) is 0. The van der Waals surface area contributed by atoms with Crippen LogP contribution in [0.2, 0.25) is 0 Å². The maximum absolute atomic E-state index is 13.0. The highest BCUT2D eigenvalue weighted by molar-refractivity contribution is 7.99. The number of benzene rings is 1. The van der Waals surface area contributed by atoms with Crippen LogP contribution in [0.1, 0.15) is 16.8 Å². The van der Waals surface area contributed by atoms with Gasteiger partial charge in [0.1, 0.15) is 5.82 Å². The standard InChI is InChI=1S/C12H15FN2OS/c13-10-3-2-9(8-11(10)14)12(16)15-4-1-6-17-7-5-15/h2-3,8H,1,4-7,14H2. The molecule has 1 aromatic rings. The molecule has 1 aliphatic heterocycles. The fourth-order valence-electron chi connectivity index (χ4n) is 1.81. The summed E-state index contributed by atoms with van der Waals surface area (Å²) in [6.07, 6.45) is 1.01. The summed E-state index contributed by atoms with van der Waals surface area (Å²) in [6, 6.07) is 4.15. The van der Waals surface area contributed by atoms with Gasteiger partial charge in [-0.25, -0.2) is 4.39 Å². The molecule has 1 saturated heterocycles. The second-order valence-electron chi connectivity index (χ2n) is 3.99. The Balaban J connectivity index is 2.14. The van der Waals surface area contributed by atoms with Crippen LogP contribution in [0.4, 0.5) is 10.1 Å². The van der Waals surface area contributed by atoms with Crippen LogP contribution in [-0.4, -0.2) is 35.4 Å². The largest absolute Gasteiger partial charge is 0.396 e. The van der Waals surface area contributed by atoms with Crippen molar-refractivity contribution in [1.29, 1.82) is 0 Å². The highest BCUT2D eigenvalue weighted by Gasteiger charge is 2.17. The lowest BCUT2D eigenvalue weighted by Gasteiger charge is -2.20. The molecule has 92 valence electrons. The lowest BCUT2D eigenvalue weighted by molar-refractivity contribution is 0.0768. The summed E-state index contributed by atoms with van der Waals surface area (Å²) in [6.45, 7) is 1.52. The Hall–Kier alpha value is -1.23. The molecule has 1 aromatic carbocycles. The van der Waals surface area contributed by atoms with E-state index in [9.17, 15) is 9.18 Å². The van der Waals surface area contributed by atoms with Gasteiger partial charge in [0.15, 0.2) is 0 Å². The molecule has 1 aliphatic rings. The minimum atomic E-state index is -0.479. The molecular weight excluding hydrogens is 239 g/mol. The van der Waals surface area contributed by atoms with Crippen molar-refractivity contribution < 1.29 is 9.18 Å². The molecular formula is C12H15FN2OS. The van der Waals surface area contributed by atoms with E-state index >= 15 is 0 Å². The lowest BCUT2D eigenvalue weighted by atomic mass is 10.1. The number of nitrogens with two attached hydrogens (primary N) is 1. The molecule has 1 amide bonds. The molecule has 1 heterocycles. The van der Waals surface area contributed by atoms with Crippen LogP contribution in [-0.2, 0) is 0 Å². The van der Waals surface area contributed by atoms with Crippen molar-refractivity contribution in [2.45, 2.75) is 6.42 Å².